The first-order chi connectivity index (χ1) is 9.79. The molecule has 0 fully saturated rings. The second-order valence-corrected chi connectivity index (χ2v) is 4.93. The van der Waals surface area contributed by atoms with Gasteiger partial charge < -0.3 is 10.1 Å². The Morgan fingerprint density at radius 3 is 2.80 bits per heavy atom. The molecule has 5 heteroatoms. The highest BCUT2D eigenvalue weighted by Gasteiger charge is 2.08. The van der Waals surface area contributed by atoms with Crippen molar-refractivity contribution >= 4 is 23.4 Å². The van der Waals surface area contributed by atoms with Gasteiger partial charge in [-0.25, -0.2) is 4.98 Å². The van der Waals surface area contributed by atoms with Crippen molar-refractivity contribution in [3.8, 4) is 5.75 Å². The van der Waals surface area contributed by atoms with Gasteiger partial charge in [0.05, 0.1) is 23.1 Å². The molecular weight excluding hydrogens is 272 g/mol. The topological polar surface area (TPSA) is 51.2 Å². The summed E-state index contributed by atoms with van der Waals surface area (Å²) >= 11 is 1.40. The summed E-state index contributed by atoms with van der Waals surface area (Å²) in [4.78, 5) is 16.1. The Bertz CT molecular complexity index is 561. The number of hydrogen-bond donors (Lipinski definition) is 1. The number of hydrogen-bond acceptors (Lipinski definition) is 4. The molecule has 20 heavy (non-hydrogen) atoms. The SMILES string of the molecule is CCOc1ccccc1NC(=O)CSc1ccccn1. The van der Waals surface area contributed by atoms with E-state index in [1.54, 1.807) is 6.20 Å². The lowest BCUT2D eigenvalue weighted by Crippen LogP contribution is -2.15. The molecule has 1 heterocycles. The summed E-state index contributed by atoms with van der Waals surface area (Å²) in [5.74, 6) is 0.927. The summed E-state index contributed by atoms with van der Waals surface area (Å²) < 4.78 is 5.47. The monoisotopic (exact) mass is 288 g/mol. The van der Waals surface area contributed by atoms with E-state index in [1.165, 1.54) is 11.8 Å². The molecule has 0 aliphatic carbocycles. The molecule has 4 nitrogen and oxygen atoms in total. The van der Waals surface area contributed by atoms with Crippen LogP contribution >= 0.6 is 11.8 Å². The van der Waals surface area contributed by atoms with Crippen LogP contribution in [0.4, 0.5) is 5.69 Å². The number of anilines is 1. The predicted octanol–water partition coefficient (Wildman–Crippen LogP) is 3.21. The van der Waals surface area contributed by atoms with E-state index < -0.39 is 0 Å². The van der Waals surface area contributed by atoms with Crippen molar-refractivity contribution in [3.05, 3.63) is 48.7 Å². The molecule has 1 aromatic carbocycles. The third kappa shape index (κ3) is 4.28. The van der Waals surface area contributed by atoms with E-state index in [2.05, 4.69) is 10.3 Å². The molecular formula is C15H16N2O2S. The molecule has 0 spiro atoms. The molecule has 0 saturated heterocycles. The number of para-hydroxylation sites is 2. The minimum Gasteiger partial charge on any atom is -0.492 e. The molecule has 104 valence electrons. The van der Waals surface area contributed by atoms with Crippen molar-refractivity contribution in [1.29, 1.82) is 0 Å². The summed E-state index contributed by atoms with van der Waals surface area (Å²) in [5, 5.41) is 3.69. The Morgan fingerprint density at radius 1 is 1.25 bits per heavy atom. The minimum absolute atomic E-state index is 0.0761. The van der Waals surface area contributed by atoms with Crippen LogP contribution in [0.2, 0.25) is 0 Å². The number of nitrogens with zero attached hydrogens (tertiary/aromatic N) is 1. The van der Waals surface area contributed by atoms with E-state index >= 15 is 0 Å². The number of rotatable bonds is 6. The normalized spacial score (nSPS) is 10.1. The summed E-state index contributed by atoms with van der Waals surface area (Å²) in [5.41, 5.74) is 0.695. The molecule has 0 radical (unpaired) electrons. The lowest BCUT2D eigenvalue weighted by Gasteiger charge is -2.10. The van der Waals surface area contributed by atoms with Crippen LogP contribution in [0, 0.1) is 0 Å². The Kier molecular flexibility index (Phi) is 5.43. The largest absolute Gasteiger partial charge is 0.492 e. The van der Waals surface area contributed by atoms with Crippen molar-refractivity contribution in [1.82, 2.24) is 4.98 Å². The molecule has 1 aromatic heterocycles. The lowest BCUT2D eigenvalue weighted by atomic mass is 10.3. The highest BCUT2D eigenvalue weighted by Crippen LogP contribution is 2.24. The smallest absolute Gasteiger partial charge is 0.234 e. The van der Waals surface area contributed by atoms with E-state index in [-0.39, 0.29) is 5.91 Å². The molecule has 0 bridgehead atoms. The zero-order valence-corrected chi connectivity index (χ0v) is 12.0. The van der Waals surface area contributed by atoms with Crippen LogP contribution in [-0.4, -0.2) is 23.3 Å². The number of thioether (sulfide) groups is 1. The highest BCUT2D eigenvalue weighted by atomic mass is 32.2. The van der Waals surface area contributed by atoms with Gasteiger partial charge in [0, 0.05) is 6.20 Å². The Balaban J connectivity index is 1.91. The van der Waals surface area contributed by atoms with Crippen molar-refractivity contribution in [3.63, 3.8) is 0 Å². The average molecular weight is 288 g/mol. The first-order valence-corrected chi connectivity index (χ1v) is 7.33. The third-order valence-electron chi connectivity index (χ3n) is 2.45. The average Bonchev–Trinajstić information content (AvgIpc) is 2.49. The third-order valence-corrected chi connectivity index (χ3v) is 3.39. The maximum atomic E-state index is 11.9. The fraction of sp³-hybridized carbons (Fsp3) is 0.200. The molecule has 0 aliphatic heterocycles. The number of nitrogens with one attached hydrogen (secondary N) is 1. The van der Waals surface area contributed by atoms with Gasteiger partial charge in [-0.05, 0) is 31.2 Å². The van der Waals surface area contributed by atoms with Crippen LogP contribution in [0.15, 0.2) is 53.7 Å². The van der Waals surface area contributed by atoms with Crippen molar-refractivity contribution < 1.29 is 9.53 Å². The van der Waals surface area contributed by atoms with E-state index in [1.807, 2.05) is 49.4 Å². The zero-order chi connectivity index (χ0) is 14.2. The van der Waals surface area contributed by atoms with Crippen LogP contribution in [0.3, 0.4) is 0 Å². The molecule has 1 amide bonds. The van der Waals surface area contributed by atoms with Gasteiger partial charge in [0.2, 0.25) is 5.91 Å². The fourth-order valence-electron chi connectivity index (χ4n) is 1.61. The van der Waals surface area contributed by atoms with Crippen molar-refractivity contribution in [2.24, 2.45) is 0 Å². The van der Waals surface area contributed by atoms with Gasteiger partial charge in [-0.2, -0.15) is 0 Å². The second kappa shape index (κ2) is 7.55. The number of amides is 1. The number of benzene rings is 1. The quantitative estimate of drug-likeness (QED) is 0.829. The number of ether oxygens (including phenoxy) is 1. The van der Waals surface area contributed by atoms with Gasteiger partial charge in [-0.1, -0.05) is 30.0 Å². The van der Waals surface area contributed by atoms with E-state index in [0.717, 1.165) is 5.03 Å². The Labute approximate surface area is 122 Å². The van der Waals surface area contributed by atoms with Gasteiger partial charge >= 0.3 is 0 Å². The van der Waals surface area contributed by atoms with Crippen LogP contribution in [0.25, 0.3) is 0 Å². The number of pyridine rings is 1. The fourth-order valence-corrected chi connectivity index (χ4v) is 2.27. The Morgan fingerprint density at radius 2 is 2.05 bits per heavy atom. The molecule has 0 unspecified atom stereocenters. The molecule has 0 atom stereocenters. The first-order valence-electron chi connectivity index (χ1n) is 6.35. The van der Waals surface area contributed by atoms with Gasteiger partial charge in [0.1, 0.15) is 5.75 Å². The number of carbonyl (C=O) groups excluding carboxylic acids is 1. The lowest BCUT2D eigenvalue weighted by molar-refractivity contribution is -0.113. The van der Waals surface area contributed by atoms with Gasteiger partial charge in [-0.15, -0.1) is 0 Å². The molecule has 1 N–H and O–H groups in total. The van der Waals surface area contributed by atoms with Crippen molar-refractivity contribution in [2.45, 2.75) is 11.9 Å². The second-order valence-electron chi connectivity index (χ2n) is 3.93. The summed E-state index contributed by atoms with van der Waals surface area (Å²) in [6.07, 6.45) is 1.71. The van der Waals surface area contributed by atoms with E-state index in [0.29, 0.717) is 23.8 Å². The summed E-state index contributed by atoms with van der Waals surface area (Å²) in [6.45, 7) is 2.48. The molecule has 2 aromatic rings. The number of aromatic nitrogens is 1. The summed E-state index contributed by atoms with van der Waals surface area (Å²) in [6, 6.07) is 13.0. The van der Waals surface area contributed by atoms with Crippen molar-refractivity contribution in [2.75, 3.05) is 17.7 Å². The molecule has 2 rings (SSSR count). The van der Waals surface area contributed by atoms with Gasteiger partial charge in [-0.3, -0.25) is 4.79 Å². The van der Waals surface area contributed by atoms with E-state index in [9.17, 15) is 4.79 Å². The minimum atomic E-state index is -0.0761. The number of carbonyl (C=O) groups is 1. The zero-order valence-electron chi connectivity index (χ0n) is 11.2. The maximum Gasteiger partial charge on any atom is 0.234 e. The molecule has 0 saturated carbocycles. The Hall–Kier alpha value is -2.01. The van der Waals surface area contributed by atoms with Gasteiger partial charge in [0.15, 0.2) is 0 Å². The maximum absolute atomic E-state index is 11.9. The summed E-state index contributed by atoms with van der Waals surface area (Å²) in [7, 11) is 0. The standard InChI is InChI=1S/C15H16N2O2S/c1-2-19-13-8-4-3-7-12(13)17-14(18)11-20-15-9-5-6-10-16-15/h3-10H,2,11H2,1H3,(H,17,18). The van der Waals surface area contributed by atoms with Crippen LogP contribution in [0.1, 0.15) is 6.92 Å². The highest BCUT2D eigenvalue weighted by molar-refractivity contribution is 7.99. The predicted molar refractivity (Wildman–Crippen MR) is 81.2 cm³/mol. The van der Waals surface area contributed by atoms with Gasteiger partial charge in [0.25, 0.3) is 0 Å². The molecule has 0 aliphatic rings. The first kappa shape index (κ1) is 14.4. The van der Waals surface area contributed by atoms with Crippen LogP contribution < -0.4 is 10.1 Å². The van der Waals surface area contributed by atoms with Crippen LogP contribution in [-0.2, 0) is 4.79 Å². The van der Waals surface area contributed by atoms with E-state index in [4.69, 9.17) is 4.74 Å². The van der Waals surface area contributed by atoms with Crippen LogP contribution in [0.5, 0.6) is 5.75 Å².